The van der Waals surface area contributed by atoms with Crippen LogP contribution in [0, 0.1) is 0 Å². The lowest BCUT2D eigenvalue weighted by molar-refractivity contribution is 0.0991. The fourth-order valence-corrected chi connectivity index (χ4v) is 2.31. The molecule has 0 atom stereocenters. The number of aromatic nitrogens is 1. The van der Waals surface area contributed by atoms with Crippen LogP contribution in [-0.4, -0.2) is 17.4 Å². The molecule has 1 heterocycles. The highest BCUT2D eigenvalue weighted by molar-refractivity contribution is 7.09. The molecule has 3 nitrogen and oxygen atoms in total. The van der Waals surface area contributed by atoms with E-state index in [1.54, 1.807) is 0 Å². The van der Waals surface area contributed by atoms with Crippen molar-refractivity contribution >= 4 is 17.1 Å². The molecule has 94 valence electrons. The Bertz CT molecular complexity index is 508. The van der Waals surface area contributed by atoms with Crippen molar-refractivity contribution < 1.29 is 9.53 Å². The van der Waals surface area contributed by atoms with Crippen molar-refractivity contribution in [2.45, 2.75) is 20.0 Å². The zero-order valence-electron chi connectivity index (χ0n) is 10.3. The van der Waals surface area contributed by atoms with E-state index < -0.39 is 0 Å². The molecule has 4 heteroatoms. The SMILES string of the molecule is CCOCc1nc(CC(=O)c2ccccc2)cs1. The van der Waals surface area contributed by atoms with Gasteiger partial charge in [-0.2, -0.15) is 0 Å². The molecule has 2 rings (SSSR count). The van der Waals surface area contributed by atoms with Gasteiger partial charge in [0.2, 0.25) is 0 Å². The number of Topliss-reactive ketones (excluding diaryl/α,β-unsaturated/α-hetero) is 1. The molecule has 0 radical (unpaired) electrons. The van der Waals surface area contributed by atoms with Gasteiger partial charge in [0.15, 0.2) is 5.78 Å². The molecular formula is C14H15NO2S. The zero-order chi connectivity index (χ0) is 12.8. The topological polar surface area (TPSA) is 39.2 Å². The minimum atomic E-state index is 0.101. The van der Waals surface area contributed by atoms with Gasteiger partial charge in [-0.05, 0) is 6.92 Å². The normalized spacial score (nSPS) is 10.5. The van der Waals surface area contributed by atoms with Gasteiger partial charge in [0.1, 0.15) is 5.01 Å². The first-order valence-electron chi connectivity index (χ1n) is 5.89. The smallest absolute Gasteiger partial charge is 0.168 e. The zero-order valence-corrected chi connectivity index (χ0v) is 11.1. The molecule has 0 N–H and O–H groups in total. The summed E-state index contributed by atoms with van der Waals surface area (Å²) in [4.78, 5) is 16.4. The minimum absolute atomic E-state index is 0.101. The molecular weight excluding hydrogens is 246 g/mol. The summed E-state index contributed by atoms with van der Waals surface area (Å²) >= 11 is 1.54. The number of hydrogen-bond donors (Lipinski definition) is 0. The van der Waals surface area contributed by atoms with Gasteiger partial charge in [0.05, 0.1) is 18.7 Å². The van der Waals surface area contributed by atoms with Gasteiger partial charge in [0, 0.05) is 17.6 Å². The van der Waals surface area contributed by atoms with Crippen LogP contribution in [0.3, 0.4) is 0 Å². The number of benzene rings is 1. The van der Waals surface area contributed by atoms with Gasteiger partial charge in [-0.1, -0.05) is 30.3 Å². The lowest BCUT2D eigenvalue weighted by Gasteiger charge is -1.98. The molecule has 0 saturated carbocycles. The Morgan fingerprint density at radius 2 is 2.11 bits per heavy atom. The second-order valence-electron chi connectivity index (χ2n) is 3.84. The van der Waals surface area contributed by atoms with Crippen LogP contribution < -0.4 is 0 Å². The molecule has 0 aliphatic rings. The highest BCUT2D eigenvalue weighted by Gasteiger charge is 2.09. The summed E-state index contributed by atoms with van der Waals surface area (Å²) in [5, 5.41) is 2.85. The van der Waals surface area contributed by atoms with Crippen LogP contribution in [0.25, 0.3) is 0 Å². The number of hydrogen-bond acceptors (Lipinski definition) is 4. The number of ether oxygens (including phenoxy) is 1. The number of nitrogens with zero attached hydrogens (tertiary/aromatic N) is 1. The Kier molecular flexibility index (Phi) is 4.61. The van der Waals surface area contributed by atoms with E-state index in [1.807, 2.05) is 42.6 Å². The van der Waals surface area contributed by atoms with E-state index in [0.717, 1.165) is 16.3 Å². The van der Waals surface area contributed by atoms with Crippen LogP contribution >= 0.6 is 11.3 Å². The lowest BCUT2D eigenvalue weighted by Crippen LogP contribution is -2.03. The molecule has 0 unspecified atom stereocenters. The molecule has 0 fully saturated rings. The number of ketones is 1. The molecule has 0 aliphatic carbocycles. The average molecular weight is 261 g/mol. The first-order valence-corrected chi connectivity index (χ1v) is 6.77. The molecule has 0 aliphatic heterocycles. The quantitative estimate of drug-likeness (QED) is 0.750. The maximum Gasteiger partial charge on any atom is 0.168 e. The summed E-state index contributed by atoms with van der Waals surface area (Å²) in [5.41, 5.74) is 1.56. The van der Waals surface area contributed by atoms with Crippen LogP contribution in [0.5, 0.6) is 0 Å². The highest BCUT2D eigenvalue weighted by Crippen LogP contribution is 2.13. The molecule has 0 amide bonds. The van der Waals surface area contributed by atoms with Crippen molar-refractivity contribution in [2.24, 2.45) is 0 Å². The second-order valence-corrected chi connectivity index (χ2v) is 4.78. The predicted molar refractivity (Wildman–Crippen MR) is 71.9 cm³/mol. The van der Waals surface area contributed by atoms with Crippen molar-refractivity contribution in [3.05, 3.63) is 52.0 Å². The fourth-order valence-electron chi connectivity index (χ4n) is 1.58. The Morgan fingerprint density at radius 1 is 1.33 bits per heavy atom. The van der Waals surface area contributed by atoms with Gasteiger partial charge < -0.3 is 4.74 Å². The van der Waals surface area contributed by atoms with Gasteiger partial charge >= 0.3 is 0 Å². The Labute approximate surface area is 110 Å². The summed E-state index contributed by atoms with van der Waals surface area (Å²) < 4.78 is 5.29. The van der Waals surface area contributed by atoms with Gasteiger partial charge in [-0.3, -0.25) is 4.79 Å². The van der Waals surface area contributed by atoms with E-state index in [0.29, 0.717) is 19.6 Å². The van der Waals surface area contributed by atoms with Crippen molar-refractivity contribution in [1.29, 1.82) is 0 Å². The summed E-state index contributed by atoms with van der Waals surface area (Å²) in [6.07, 6.45) is 0.354. The average Bonchev–Trinajstić information content (AvgIpc) is 2.85. The molecule has 0 spiro atoms. The number of carbonyl (C=O) groups is 1. The maximum atomic E-state index is 12.0. The minimum Gasteiger partial charge on any atom is -0.375 e. The van der Waals surface area contributed by atoms with Crippen molar-refractivity contribution in [3.8, 4) is 0 Å². The van der Waals surface area contributed by atoms with Gasteiger partial charge in [-0.15, -0.1) is 11.3 Å². The summed E-state index contributed by atoms with van der Waals surface area (Å²) in [5.74, 6) is 0.101. The van der Waals surface area contributed by atoms with Crippen molar-refractivity contribution in [1.82, 2.24) is 4.98 Å². The van der Waals surface area contributed by atoms with E-state index in [4.69, 9.17) is 4.74 Å². The monoisotopic (exact) mass is 261 g/mol. The molecule has 1 aromatic heterocycles. The lowest BCUT2D eigenvalue weighted by atomic mass is 10.1. The van der Waals surface area contributed by atoms with Gasteiger partial charge in [0.25, 0.3) is 0 Å². The Hall–Kier alpha value is -1.52. The van der Waals surface area contributed by atoms with Crippen molar-refractivity contribution in [3.63, 3.8) is 0 Å². The van der Waals surface area contributed by atoms with Gasteiger partial charge in [-0.25, -0.2) is 4.98 Å². The van der Waals surface area contributed by atoms with E-state index in [9.17, 15) is 4.79 Å². The molecule has 0 bridgehead atoms. The number of carbonyl (C=O) groups excluding carboxylic acids is 1. The largest absolute Gasteiger partial charge is 0.375 e. The molecule has 18 heavy (non-hydrogen) atoms. The number of rotatable bonds is 6. The van der Waals surface area contributed by atoms with E-state index in [1.165, 1.54) is 11.3 Å². The first-order chi connectivity index (χ1) is 8.79. The molecule has 1 aromatic carbocycles. The van der Waals surface area contributed by atoms with Crippen LogP contribution in [0.4, 0.5) is 0 Å². The Morgan fingerprint density at radius 3 is 2.83 bits per heavy atom. The summed E-state index contributed by atoms with van der Waals surface area (Å²) in [7, 11) is 0. The third-order valence-corrected chi connectivity index (χ3v) is 3.34. The van der Waals surface area contributed by atoms with Crippen LogP contribution in [0.1, 0.15) is 28.0 Å². The Balaban J connectivity index is 1.97. The number of thiazole rings is 1. The molecule has 0 saturated heterocycles. The summed E-state index contributed by atoms with van der Waals surface area (Å²) in [6, 6.07) is 9.30. The maximum absolute atomic E-state index is 12.0. The predicted octanol–water partition coefficient (Wildman–Crippen LogP) is 3.11. The fraction of sp³-hybridized carbons (Fsp3) is 0.286. The standard InChI is InChI=1S/C14H15NO2S/c1-2-17-9-14-15-12(10-18-14)8-13(16)11-6-4-3-5-7-11/h3-7,10H,2,8-9H2,1H3. The highest BCUT2D eigenvalue weighted by atomic mass is 32.1. The van der Waals surface area contributed by atoms with Crippen LogP contribution in [0.15, 0.2) is 35.7 Å². The molecule has 2 aromatic rings. The third kappa shape index (κ3) is 3.48. The summed E-state index contributed by atoms with van der Waals surface area (Å²) in [6.45, 7) is 3.16. The van der Waals surface area contributed by atoms with Crippen LogP contribution in [0.2, 0.25) is 0 Å². The van der Waals surface area contributed by atoms with E-state index in [2.05, 4.69) is 4.98 Å². The van der Waals surface area contributed by atoms with E-state index in [-0.39, 0.29) is 5.78 Å². The van der Waals surface area contributed by atoms with Crippen LogP contribution in [-0.2, 0) is 17.8 Å². The third-order valence-electron chi connectivity index (χ3n) is 2.47. The first kappa shape index (κ1) is 12.9. The van der Waals surface area contributed by atoms with E-state index >= 15 is 0 Å². The second kappa shape index (κ2) is 6.42. The van der Waals surface area contributed by atoms with Crippen molar-refractivity contribution in [2.75, 3.05) is 6.61 Å².